The van der Waals surface area contributed by atoms with Crippen LogP contribution in [0.15, 0.2) is 38.4 Å². The van der Waals surface area contributed by atoms with E-state index < -0.39 is 29.2 Å². The standard InChI is InChI=1S/C18H14N8O5S4/c1-31-24-8(11-23-17(19)35-25-11)12(27)22-9-14(28)26-10(16(29)30)7(5-32-15(9)26)33-18-21-6-3-2-4-20-13(6)34-18/h2-4,9,15H,5H2,1H3,(H,22,27)(H,29,30)(H2,19,23,25)/b24-8-/t9?,15-/m1/s1. The van der Waals surface area contributed by atoms with Gasteiger partial charge in [-0.25, -0.2) is 14.8 Å². The summed E-state index contributed by atoms with van der Waals surface area (Å²) in [5.41, 5.74) is 5.92. The van der Waals surface area contributed by atoms with E-state index in [1.165, 1.54) is 46.9 Å². The minimum atomic E-state index is -1.24. The maximum Gasteiger partial charge on any atom is 0.353 e. The second kappa shape index (κ2) is 9.40. The third kappa shape index (κ3) is 4.30. The summed E-state index contributed by atoms with van der Waals surface area (Å²) in [7, 11) is 1.25. The lowest BCUT2D eigenvalue weighted by Crippen LogP contribution is -2.71. The van der Waals surface area contributed by atoms with Crippen LogP contribution in [0, 0.1) is 0 Å². The highest BCUT2D eigenvalue weighted by Gasteiger charge is 2.54. The van der Waals surface area contributed by atoms with Crippen LogP contribution in [-0.2, 0) is 19.2 Å². The molecule has 5 heterocycles. The van der Waals surface area contributed by atoms with Crippen LogP contribution in [0.2, 0.25) is 0 Å². The molecule has 0 radical (unpaired) electrons. The fraction of sp³-hybridized carbons (Fsp3) is 0.222. The number of hydrogen-bond acceptors (Lipinski definition) is 14. The highest BCUT2D eigenvalue weighted by atomic mass is 32.2. The number of oxime groups is 1. The lowest BCUT2D eigenvalue weighted by Gasteiger charge is -2.49. The Morgan fingerprint density at radius 1 is 1.40 bits per heavy atom. The smallest absolute Gasteiger partial charge is 0.353 e. The minimum Gasteiger partial charge on any atom is -0.477 e. The number of amides is 2. The van der Waals surface area contributed by atoms with Gasteiger partial charge in [-0.15, -0.1) is 11.8 Å². The Hall–Kier alpha value is -3.28. The van der Waals surface area contributed by atoms with Gasteiger partial charge in [0.1, 0.15) is 34.6 Å². The van der Waals surface area contributed by atoms with Crippen LogP contribution in [0.5, 0.6) is 0 Å². The molecule has 2 amide bonds. The van der Waals surface area contributed by atoms with Gasteiger partial charge in [0.2, 0.25) is 11.5 Å². The monoisotopic (exact) mass is 550 g/mol. The first-order valence-corrected chi connectivity index (χ1v) is 13.1. The van der Waals surface area contributed by atoms with E-state index in [4.69, 9.17) is 10.6 Å². The molecule has 2 aliphatic rings. The molecule has 0 aromatic carbocycles. The lowest BCUT2D eigenvalue weighted by atomic mass is 10.0. The number of thioether (sulfide) groups is 2. The number of nitrogen functional groups attached to an aromatic ring is 1. The molecule has 3 aromatic rings. The van der Waals surface area contributed by atoms with Crippen molar-refractivity contribution in [3.63, 3.8) is 0 Å². The third-order valence-electron chi connectivity index (χ3n) is 4.83. The Bertz CT molecular complexity index is 1390. The fourth-order valence-corrected chi connectivity index (χ4v) is 7.44. The SMILES string of the molecule is CO/N=C(\C(=O)NC1C(=O)N2C(C(=O)O)=C(Sc3nc4cccnc4s3)CS[C@H]12)c1nsc(N)n1. The molecule has 180 valence electrons. The second-order valence-electron chi connectivity index (χ2n) is 6.93. The van der Waals surface area contributed by atoms with Gasteiger partial charge >= 0.3 is 5.97 Å². The van der Waals surface area contributed by atoms with Crippen LogP contribution < -0.4 is 11.1 Å². The number of pyridine rings is 1. The van der Waals surface area contributed by atoms with Gasteiger partial charge in [0.25, 0.3) is 11.8 Å². The molecule has 0 saturated carbocycles. The number of thiazole rings is 1. The summed E-state index contributed by atoms with van der Waals surface area (Å²) < 4.78 is 4.57. The molecule has 3 aromatic heterocycles. The zero-order chi connectivity index (χ0) is 24.7. The number of aliphatic carboxylic acids is 1. The van der Waals surface area contributed by atoms with Crippen molar-refractivity contribution >= 4 is 85.4 Å². The molecule has 13 nitrogen and oxygen atoms in total. The zero-order valence-corrected chi connectivity index (χ0v) is 20.8. The molecule has 0 aliphatic carbocycles. The summed E-state index contributed by atoms with van der Waals surface area (Å²) in [6.45, 7) is 0. The summed E-state index contributed by atoms with van der Waals surface area (Å²) >= 11 is 4.75. The summed E-state index contributed by atoms with van der Waals surface area (Å²) in [5.74, 6) is -2.26. The van der Waals surface area contributed by atoms with E-state index in [-0.39, 0.29) is 22.4 Å². The van der Waals surface area contributed by atoms with Gasteiger partial charge in [-0.2, -0.15) is 9.36 Å². The molecule has 0 spiro atoms. The predicted octanol–water partition coefficient (Wildman–Crippen LogP) is 0.964. The summed E-state index contributed by atoms with van der Waals surface area (Å²) in [4.78, 5) is 57.6. The van der Waals surface area contributed by atoms with Gasteiger partial charge in [0.05, 0.1) is 0 Å². The Morgan fingerprint density at radius 2 is 2.23 bits per heavy atom. The van der Waals surface area contributed by atoms with Gasteiger partial charge in [-0.3, -0.25) is 14.5 Å². The van der Waals surface area contributed by atoms with E-state index >= 15 is 0 Å². The van der Waals surface area contributed by atoms with E-state index in [9.17, 15) is 19.5 Å². The normalized spacial score (nSPS) is 20.0. The topological polar surface area (TPSA) is 186 Å². The molecule has 5 rings (SSSR count). The summed E-state index contributed by atoms with van der Waals surface area (Å²) in [6, 6.07) is 2.64. The maximum atomic E-state index is 13.0. The number of β-lactam (4-membered cyclic amide) rings is 1. The predicted molar refractivity (Wildman–Crippen MR) is 131 cm³/mol. The first-order valence-electron chi connectivity index (χ1n) is 9.69. The number of anilines is 1. The number of carbonyl (C=O) groups is 3. The maximum absolute atomic E-state index is 13.0. The first-order chi connectivity index (χ1) is 16.9. The van der Waals surface area contributed by atoms with Crippen molar-refractivity contribution in [3.05, 3.63) is 34.8 Å². The Kier molecular flexibility index (Phi) is 6.30. The number of nitrogens with one attached hydrogen (secondary N) is 1. The van der Waals surface area contributed by atoms with E-state index in [0.717, 1.165) is 16.4 Å². The van der Waals surface area contributed by atoms with Crippen LogP contribution in [0.3, 0.4) is 0 Å². The largest absolute Gasteiger partial charge is 0.477 e. The van der Waals surface area contributed by atoms with Crippen molar-refractivity contribution in [2.24, 2.45) is 5.16 Å². The number of aromatic nitrogens is 4. The van der Waals surface area contributed by atoms with Crippen molar-refractivity contribution in [1.29, 1.82) is 0 Å². The highest BCUT2D eigenvalue weighted by Crippen LogP contribution is 2.46. The fourth-order valence-electron chi connectivity index (χ4n) is 3.38. The van der Waals surface area contributed by atoms with Crippen molar-refractivity contribution < 1.29 is 24.3 Å². The van der Waals surface area contributed by atoms with Gasteiger partial charge in [-0.1, -0.05) is 28.3 Å². The Morgan fingerprint density at radius 3 is 2.91 bits per heavy atom. The third-order valence-corrected chi connectivity index (χ3v) is 8.96. The number of fused-ring (bicyclic) bond motifs is 2. The molecule has 2 atom stereocenters. The van der Waals surface area contributed by atoms with E-state index in [0.29, 0.717) is 20.5 Å². The zero-order valence-electron chi connectivity index (χ0n) is 17.6. The average Bonchev–Trinajstić information content (AvgIpc) is 3.45. The number of hydrogen-bond donors (Lipinski definition) is 3. The van der Waals surface area contributed by atoms with Crippen LogP contribution in [0.1, 0.15) is 5.82 Å². The van der Waals surface area contributed by atoms with E-state index in [1.807, 2.05) is 6.07 Å². The van der Waals surface area contributed by atoms with Crippen LogP contribution in [-0.4, -0.2) is 77.1 Å². The van der Waals surface area contributed by atoms with Crippen molar-refractivity contribution in [3.8, 4) is 0 Å². The van der Waals surface area contributed by atoms with Gasteiger partial charge in [0, 0.05) is 28.4 Å². The van der Waals surface area contributed by atoms with Gasteiger partial charge < -0.3 is 21.0 Å². The number of carbonyl (C=O) groups excluding carboxylic acids is 2. The molecule has 1 unspecified atom stereocenters. The molecule has 35 heavy (non-hydrogen) atoms. The quantitative estimate of drug-likeness (QED) is 0.215. The molecule has 1 saturated heterocycles. The summed E-state index contributed by atoms with van der Waals surface area (Å²) in [6.07, 6.45) is 1.66. The number of nitrogens with zero attached hydrogens (tertiary/aromatic N) is 6. The first kappa shape index (κ1) is 23.5. The number of carboxylic acids is 1. The summed E-state index contributed by atoms with van der Waals surface area (Å²) in [5, 5.41) is 15.7. The molecular weight excluding hydrogens is 537 g/mol. The van der Waals surface area contributed by atoms with Crippen LogP contribution in [0.25, 0.3) is 10.3 Å². The molecule has 17 heteroatoms. The van der Waals surface area contributed by atoms with Crippen molar-refractivity contribution in [2.75, 3.05) is 18.6 Å². The lowest BCUT2D eigenvalue weighted by molar-refractivity contribution is -0.150. The van der Waals surface area contributed by atoms with Gasteiger partial charge in [-0.05, 0) is 12.1 Å². The minimum absolute atomic E-state index is 0.0399. The molecule has 0 bridgehead atoms. The highest BCUT2D eigenvalue weighted by molar-refractivity contribution is 8.07. The van der Waals surface area contributed by atoms with Crippen molar-refractivity contribution in [1.82, 2.24) is 29.5 Å². The number of nitrogens with two attached hydrogens (primary N) is 1. The Balaban J connectivity index is 1.36. The van der Waals surface area contributed by atoms with E-state index in [1.54, 1.807) is 12.3 Å². The average molecular weight is 551 g/mol. The van der Waals surface area contributed by atoms with Gasteiger partial charge in [0.15, 0.2) is 9.47 Å². The van der Waals surface area contributed by atoms with Crippen molar-refractivity contribution in [2.45, 2.75) is 15.8 Å². The molecule has 1 fully saturated rings. The van der Waals surface area contributed by atoms with Crippen LogP contribution >= 0.6 is 46.4 Å². The number of carboxylic acid groups (broad SMARTS) is 1. The Labute approximate surface area is 213 Å². The molecule has 2 aliphatic heterocycles. The number of rotatable bonds is 7. The van der Waals surface area contributed by atoms with Crippen LogP contribution in [0.4, 0.5) is 5.13 Å². The molecular formula is C18H14N8O5S4. The second-order valence-corrected chi connectivity index (χ2v) is 11.1. The van der Waals surface area contributed by atoms with E-state index in [2.05, 4.69) is 29.8 Å². The molecule has 4 N–H and O–H groups in total.